The monoisotopic (exact) mass is 185 g/mol. The van der Waals surface area contributed by atoms with E-state index in [0.29, 0.717) is 5.92 Å². The average molecular weight is 185 g/mol. The summed E-state index contributed by atoms with van der Waals surface area (Å²) < 4.78 is 0. The SMILES string of the molecule is CC(C)C(=O)NCC1CCC(O)C1. The zero-order valence-corrected chi connectivity index (χ0v) is 8.42. The van der Waals surface area contributed by atoms with Crippen molar-refractivity contribution in [1.82, 2.24) is 5.32 Å². The normalized spacial score (nSPS) is 28.0. The summed E-state index contributed by atoms with van der Waals surface area (Å²) in [4.78, 5) is 11.2. The average Bonchev–Trinajstić information content (AvgIpc) is 2.47. The van der Waals surface area contributed by atoms with Gasteiger partial charge < -0.3 is 10.4 Å². The minimum absolute atomic E-state index is 0.0614. The van der Waals surface area contributed by atoms with Gasteiger partial charge in [0.1, 0.15) is 0 Å². The van der Waals surface area contributed by atoms with Gasteiger partial charge in [-0.05, 0) is 25.2 Å². The standard InChI is InChI=1S/C10H19NO2/c1-7(2)10(13)11-6-8-3-4-9(12)5-8/h7-9,12H,3-6H2,1-2H3,(H,11,13). The van der Waals surface area contributed by atoms with Crippen molar-refractivity contribution >= 4 is 5.91 Å². The van der Waals surface area contributed by atoms with E-state index >= 15 is 0 Å². The van der Waals surface area contributed by atoms with Crippen LogP contribution in [-0.2, 0) is 4.79 Å². The summed E-state index contributed by atoms with van der Waals surface area (Å²) in [6, 6.07) is 0. The van der Waals surface area contributed by atoms with E-state index in [4.69, 9.17) is 0 Å². The molecule has 3 heteroatoms. The molecule has 13 heavy (non-hydrogen) atoms. The molecule has 1 amide bonds. The van der Waals surface area contributed by atoms with Gasteiger partial charge in [-0.3, -0.25) is 4.79 Å². The van der Waals surface area contributed by atoms with Crippen LogP contribution in [0, 0.1) is 11.8 Å². The highest BCUT2D eigenvalue weighted by Gasteiger charge is 2.23. The predicted octanol–water partition coefficient (Wildman–Crippen LogP) is 0.920. The highest BCUT2D eigenvalue weighted by molar-refractivity contribution is 5.77. The van der Waals surface area contributed by atoms with E-state index in [0.717, 1.165) is 25.8 Å². The van der Waals surface area contributed by atoms with E-state index < -0.39 is 0 Å². The molecule has 3 nitrogen and oxygen atoms in total. The lowest BCUT2D eigenvalue weighted by Crippen LogP contribution is -2.31. The number of aliphatic hydroxyl groups is 1. The maximum atomic E-state index is 11.2. The molecule has 2 unspecified atom stereocenters. The van der Waals surface area contributed by atoms with Gasteiger partial charge in [-0.2, -0.15) is 0 Å². The van der Waals surface area contributed by atoms with E-state index in [1.165, 1.54) is 0 Å². The van der Waals surface area contributed by atoms with E-state index in [1.54, 1.807) is 0 Å². The van der Waals surface area contributed by atoms with Crippen molar-refractivity contribution in [2.45, 2.75) is 39.2 Å². The fourth-order valence-corrected chi connectivity index (χ4v) is 1.68. The summed E-state index contributed by atoms with van der Waals surface area (Å²) in [6.45, 7) is 4.51. The Labute approximate surface area is 79.5 Å². The Hall–Kier alpha value is -0.570. The molecule has 0 bridgehead atoms. The molecule has 0 aromatic heterocycles. The van der Waals surface area contributed by atoms with E-state index in [9.17, 15) is 9.90 Å². The summed E-state index contributed by atoms with van der Waals surface area (Å²) in [5, 5.41) is 12.2. The summed E-state index contributed by atoms with van der Waals surface area (Å²) in [7, 11) is 0. The zero-order chi connectivity index (χ0) is 9.84. The van der Waals surface area contributed by atoms with Crippen LogP contribution in [0.1, 0.15) is 33.1 Å². The minimum atomic E-state index is -0.138. The number of carbonyl (C=O) groups is 1. The van der Waals surface area contributed by atoms with Gasteiger partial charge in [0, 0.05) is 12.5 Å². The summed E-state index contributed by atoms with van der Waals surface area (Å²) >= 11 is 0. The number of nitrogens with one attached hydrogen (secondary N) is 1. The summed E-state index contributed by atoms with van der Waals surface area (Å²) in [5.74, 6) is 0.658. The van der Waals surface area contributed by atoms with Gasteiger partial charge in [0.05, 0.1) is 6.10 Å². The minimum Gasteiger partial charge on any atom is -0.393 e. The molecule has 0 spiro atoms. The maximum Gasteiger partial charge on any atom is 0.222 e. The molecule has 0 aliphatic heterocycles. The van der Waals surface area contributed by atoms with Gasteiger partial charge >= 0.3 is 0 Å². The number of amides is 1. The van der Waals surface area contributed by atoms with Crippen molar-refractivity contribution in [3.63, 3.8) is 0 Å². The smallest absolute Gasteiger partial charge is 0.222 e. The van der Waals surface area contributed by atoms with Gasteiger partial charge in [-0.25, -0.2) is 0 Å². The first-order chi connectivity index (χ1) is 6.09. The molecule has 0 aromatic rings. The van der Waals surface area contributed by atoms with E-state index in [2.05, 4.69) is 5.32 Å². The Balaban J connectivity index is 2.16. The third-order valence-electron chi connectivity index (χ3n) is 2.60. The number of rotatable bonds is 3. The molecule has 0 aromatic carbocycles. The van der Waals surface area contributed by atoms with Crippen LogP contribution in [0.15, 0.2) is 0 Å². The molecule has 2 atom stereocenters. The van der Waals surface area contributed by atoms with Crippen molar-refractivity contribution in [1.29, 1.82) is 0 Å². The van der Waals surface area contributed by atoms with Crippen LogP contribution in [0.3, 0.4) is 0 Å². The molecule has 0 heterocycles. The molecular weight excluding hydrogens is 166 g/mol. The van der Waals surface area contributed by atoms with Crippen LogP contribution in [0.2, 0.25) is 0 Å². The van der Waals surface area contributed by atoms with E-state index in [-0.39, 0.29) is 17.9 Å². The third kappa shape index (κ3) is 3.35. The van der Waals surface area contributed by atoms with Crippen LogP contribution >= 0.6 is 0 Å². The Bertz CT molecular complexity index is 180. The molecule has 0 saturated heterocycles. The molecule has 2 N–H and O–H groups in total. The van der Waals surface area contributed by atoms with Gasteiger partial charge in [-0.15, -0.1) is 0 Å². The zero-order valence-electron chi connectivity index (χ0n) is 8.42. The molecule has 1 aliphatic carbocycles. The summed E-state index contributed by atoms with van der Waals surface area (Å²) in [6.07, 6.45) is 2.64. The lowest BCUT2D eigenvalue weighted by atomic mass is 10.1. The summed E-state index contributed by atoms with van der Waals surface area (Å²) in [5.41, 5.74) is 0. The lowest BCUT2D eigenvalue weighted by Gasteiger charge is -2.12. The van der Waals surface area contributed by atoms with Crippen LogP contribution in [-0.4, -0.2) is 23.7 Å². The van der Waals surface area contributed by atoms with Gasteiger partial charge in [0.15, 0.2) is 0 Å². The third-order valence-corrected chi connectivity index (χ3v) is 2.60. The molecule has 1 fully saturated rings. The molecular formula is C10H19NO2. The van der Waals surface area contributed by atoms with Crippen molar-refractivity contribution in [3.05, 3.63) is 0 Å². The first-order valence-electron chi connectivity index (χ1n) is 5.05. The van der Waals surface area contributed by atoms with Gasteiger partial charge in [0.2, 0.25) is 5.91 Å². The number of carbonyl (C=O) groups excluding carboxylic acids is 1. The van der Waals surface area contributed by atoms with Gasteiger partial charge in [-0.1, -0.05) is 13.8 Å². The highest BCUT2D eigenvalue weighted by Crippen LogP contribution is 2.24. The topological polar surface area (TPSA) is 49.3 Å². The van der Waals surface area contributed by atoms with Crippen molar-refractivity contribution < 1.29 is 9.90 Å². The second-order valence-electron chi connectivity index (χ2n) is 4.23. The Kier molecular flexibility index (Phi) is 3.72. The maximum absolute atomic E-state index is 11.2. The first-order valence-corrected chi connectivity index (χ1v) is 5.05. The fraction of sp³-hybridized carbons (Fsp3) is 0.900. The Morgan fingerprint density at radius 3 is 2.69 bits per heavy atom. The number of hydrogen-bond acceptors (Lipinski definition) is 2. The van der Waals surface area contributed by atoms with Crippen LogP contribution in [0.5, 0.6) is 0 Å². The van der Waals surface area contributed by atoms with Gasteiger partial charge in [0.25, 0.3) is 0 Å². The molecule has 1 saturated carbocycles. The number of hydrogen-bond donors (Lipinski definition) is 2. The Morgan fingerprint density at radius 1 is 1.54 bits per heavy atom. The Morgan fingerprint density at radius 2 is 2.23 bits per heavy atom. The second-order valence-corrected chi connectivity index (χ2v) is 4.23. The van der Waals surface area contributed by atoms with Crippen LogP contribution in [0.4, 0.5) is 0 Å². The predicted molar refractivity (Wildman–Crippen MR) is 51.2 cm³/mol. The molecule has 1 aliphatic rings. The lowest BCUT2D eigenvalue weighted by molar-refractivity contribution is -0.124. The van der Waals surface area contributed by atoms with E-state index in [1.807, 2.05) is 13.8 Å². The quantitative estimate of drug-likeness (QED) is 0.687. The number of aliphatic hydroxyl groups excluding tert-OH is 1. The van der Waals surface area contributed by atoms with Crippen molar-refractivity contribution in [2.24, 2.45) is 11.8 Å². The molecule has 0 radical (unpaired) electrons. The second kappa shape index (κ2) is 4.61. The van der Waals surface area contributed by atoms with Crippen molar-refractivity contribution in [2.75, 3.05) is 6.54 Å². The first kappa shape index (κ1) is 10.5. The molecule has 76 valence electrons. The van der Waals surface area contributed by atoms with Crippen LogP contribution in [0.25, 0.3) is 0 Å². The highest BCUT2D eigenvalue weighted by atomic mass is 16.3. The van der Waals surface area contributed by atoms with Crippen LogP contribution < -0.4 is 5.32 Å². The fourth-order valence-electron chi connectivity index (χ4n) is 1.68. The largest absolute Gasteiger partial charge is 0.393 e. The van der Waals surface area contributed by atoms with Crippen molar-refractivity contribution in [3.8, 4) is 0 Å². The molecule has 1 rings (SSSR count).